The van der Waals surface area contributed by atoms with Crippen molar-refractivity contribution in [2.24, 2.45) is 0 Å². The van der Waals surface area contributed by atoms with Crippen LogP contribution in [-0.4, -0.2) is 18.6 Å². The summed E-state index contributed by atoms with van der Waals surface area (Å²) in [4.78, 5) is 0. The lowest BCUT2D eigenvalue weighted by Gasteiger charge is -2.10. The van der Waals surface area contributed by atoms with Gasteiger partial charge < -0.3 is 5.32 Å². The predicted molar refractivity (Wildman–Crippen MR) is 84.8 cm³/mol. The van der Waals surface area contributed by atoms with Crippen LogP contribution in [0.25, 0.3) is 10.8 Å². The highest BCUT2D eigenvalue weighted by Gasteiger charge is 2.04. The number of anilines is 1. The second-order valence-electron chi connectivity index (χ2n) is 4.44. The maximum absolute atomic E-state index is 9.13. The fraction of sp³-hybridized carbons (Fsp3) is 0.312. The van der Waals surface area contributed by atoms with Crippen LogP contribution in [-0.2, 0) is 0 Å². The second-order valence-corrected chi connectivity index (χ2v) is 5.43. The first-order valence-electron chi connectivity index (χ1n) is 6.51. The number of hydrogen-bond donors (Lipinski definition) is 1. The first-order valence-corrected chi connectivity index (χ1v) is 7.91. The van der Waals surface area contributed by atoms with E-state index in [9.17, 15) is 0 Å². The van der Waals surface area contributed by atoms with Gasteiger partial charge in [0.05, 0.1) is 11.6 Å². The second kappa shape index (κ2) is 7.06. The summed E-state index contributed by atoms with van der Waals surface area (Å²) in [7, 11) is 0. The lowest BCUT2D eigenvalue weighted by Crippen LogP contribution is -2.02. The molecule has 0 bridgehead atoms. The Labute approximate surface area is 118 Å². The molecule has 0 unspecified atom stereocenters. The number of benzene rings is 2. The van der Waals surface area contributed by atoms with Crippen molar-refractivity contribution in [3.8, 4) is 6.07 Å². The standard InChI is InChI=1S/C16H18N2S/c1-19-11-5-4-10-18-16-9-8-13(12-17)14-6-2-3-7-15(14)16/h2-3,6-9,18H,4-5,10-11H2,1H3. The van der Waals surface area contributed by atoms with E-state index in [1.165, 1.54) is 18.6 Å². The van der Waals surface area contributed by atoms with E-state index in [-0.39, 0.29) is 0 Å². The zero-order valence-electron chi connectivity index (χ0n) is 11.1. The van der Waals surface area contributed by atoms with Crippen molar-refractivity contribution in [1.82, 2.24) is 0 Å². The zero-order chi connectivity index (χ0) is 13.5. The van der Waals surface area contributed by atoms with Gasteiger partial charge in [0.1, 0.15) is 0 Å². The number of nitrogens with one attached hydrogen (secondary N) is 1. The van der Waals surface area contributed by atoms with Crippen LogP contribution < -0.4 is 5.32 Å². The van der Waals surface area contributed by atoms with Crippen LogP contribution in [0.1, 0.15) is 18.4 Å². The molecule has 0 atom stereocenters. The quantitative estimate of drug-likeness (QED) is 0.796. The van der Waals surface area contributed by atoms with E-state index in [0.717, 1.165) is 28.6 Å². The predicted octanol–water partition coefficient (Wildman–Crippen LogP) is 4.27. The summed E-state index contributed by atoms with van der Waals surface area (Å²) in [6, 6.07) is 14.2. The van der Waals surface area contributed by atoms with Crippen LogP contribution in [0.5, 0.6) is 0 Å². The number of rotatable bonds is 6. The number of thioether (sulfide) groups is 1. The van der Waals surface area contributed by atoms with Crippen LogP contribution in [0.2, 0.25) is 0 Å². The molecule has 0 saturated carbocycles. The third kappa shape index (κ3) is 3.42. The highest BCUT2D eigenvalue weighted by atomic mass is 32.2. The summed E-state index contributed by atoms with van der Waals surface area (Å²) >= 11 is 1.89. The minimum absolute atomic E-state index is 0.739. The third-order valence-electron chi connectivity index (χ3n) is 3.14. The van der Waals surface area contributed by atoms with E-state index in [1.807, 2.05) is 42.1 Å². The van der Waals surface area contributed by atoms with Gasteiger partial charge in [-0.2, -0.15) is 17.0 Å². The third-order valence-corrected chi connectivity index (χ3v) is 3.83. The van der Waals surface area contributed by atoms with Crippen LogP contribution in [0, 0.1) is 11.3 Å². The van der Waals surface area contributed by atoms with Crippen molar-refractivity contribution in [3.05, 3.63) is 42.0 Å². The molecule has 0 fully saturated rings. The molecule has 1 N–H and O–H groups in total. The van der Waals surface area contributed by atoms with E-state index in [1.54, 1.807) is 0 Å². The molecular formula is C16H18N2S. The Bertz CT molecular complexity index is 587. The number of fused-ring (bicyclic) bond motifs is 1. The fourth-order valence-corrected chi connectivity index (χ4v) is 2.64. The van der Waals surface area contributed by atoms with Gasteiger partial charge in [-0.05, 0) is 37.0 Å². The van der Waals surface area contributed by atoms with Crippen LogP contribution in [0.4, 0.5) is 5.69 Å². The average Bonchev–Trinajstić information content (AvgIpc) is 2.47. The Hall–Kier alpha value is -1.66. The molecule has 2 aromatic rings. The lowest BCUT2D eigenvalue weighted by atomic mass is 10.0. The Morgan fingerprint density at radius 3 is 2.63 bits per heavy atom. The molecule has 0 spiro atoms. The van der Waals surface area contributed by atoms with Crippen molar-refractivity contribution in [1.29, 1.82) is 5.26 Å². The van der Waals surface area contributed by atoms with Gasteiger partial charge in [0.25, 0.3) is 0 Å². The molecule has 2 rings (SSSR count). The van der Waals surface area contributed by atoms with Gasteiger partial charge in [-0.25, -0.2) is 0 Å². The van der Waals surface area contributed by atoms with E-state index in [0.29, 0.717) is 0 Å². The van der Waals surface area contributed by atoms with Crippen molar-refractivity contribution < 1.29 is 0 Å². The van der Waals surface area contributed by atoms with Crippen molar-refractivity contribution in [2.75, 3.05) is 23.9 Å². The summed E-state index contributed by atoms with van der Waals surface area (Å²) in [5, 5.41) is 14.8. The highest BCUT2D eigenvalue weighted by molar-refractivity contribution is 7.98. The molecule has 2 aromatic carbocycles. The molecule has 0 aliphatic rings. The van der Waals surface area contributed by atoms with Crippen molar-refractivity contribution in [2.45, 2.75) is 12.8 Å². The number of unbranched alkanes of at least 4 members (excludes halogenated alkanes) is 1. The van der Waals surface area contributed by atoms with Crippen molar-refractivity contribution in [3.63, 3.8) is 0 Å². The summed E-state index contributed by atoms with van der Waals surface area (Å²) in [5.41, 5.74) is 1.86. The molecule has 98 valence electrons. The molecule has 0 heterocycles. The Balaban J connectivity index is 2.14. The largest absolute Gasteiger partial charge is 0.385 e. The first kappa shape index (κ1) is 13.8. The number of nitriles is 1. The van der Waals surface area contributed by atoms with Crippen LogP contribution in [0.15, 0.2) is 36.4 Å². The topological polar surface area (TPSA) is 35.8 Å². The summed E-state index contributed by atoms with van der Waals surface area (Å²) < 4.78 is 0. The number of hydrogen-bond acceptors (Lipinski definition) is 3. The van der Waals surface area contributed by atoms with E-state index >= 15 is 0 Å². The molecular weight excluding hydrogens is 252 g/mol. The van der Waals surface area contributed by atoms with Crippen LogP contribution in [0.3, 0.4) is 0 Å². The van der Waals surface area contributed by atoms with Crippen molar-refractivity contribution >= 4 is 28.2 Å². The van der Waals surface area contributed by atoms with Gasteiger partial charge in [0, 0.05) is 23.0 Å². The van der Waals surface area contributed by atoms with Gasteiger partial charge in [-0.3, -0.25) is 0 Å². The molecule has 0 radical (unpaired) electrons. The van der Waals surface area contributed by atoms with Gasteiger partial charge in [-0.1, -0.05) is 24.3 Å². The van der Waals surface area contributed by atoms with Gasteiger partial charge in [0.15, 0.2) is 0 Å². The fourth-order valence-electron chi connectivity index (χ4n) is 2.15. The minimum Gasteiger partial charge on any atom is -0.385 e. The summed E-state index contributed by atoms with van der Waals surface area (Å²) in [6.45, 7) is 0.983. The summed E-state index contributed by atoms with van der Waals surface area (Å²) in [6.07, 6.45) is 4.55. The van der Waals surface area contributed by atoms with E-state index in [2.05, 4.69) is 23.7 Å². The highest BCUT2D eigenvalue weighted by Crippen LogP contribution is 2.26. The normalized spacial score (nSPS) is 10.3. The maximum Gasteiger partial charge on any atom is 0.0998 e. The zero-order valence-corrected chi connectivity index (χ0v) is 12.0. The molecule has 0 aliphatic carbocycles. The molecule has 2 nitrogen and oxygen atoms in total. The van der Waals surface area contributed by atoms with Gasteiger partial charge in [-0.15, -0.1) is 0 Å². The summed E-state index contributed by atoms with van der Waals surface area (Å²) in [5.74, 6) is 1.22. The lowest BCUT2D eigenvalue weighted by molar-refractivity contribution is 0.844. The van der Waals surface area contributed by atoms with E-state index in [4.69, 9.17) is 5.26 Å². The minimum atomic E-state index is 0.739. The van der Waals surface area contributed by atoms with Gasteiger partial charge >= 0.3 is 0 Å². The monoisotopic (exact) mass is 270 g/mol. The molecule has 0 aliphatic heterocycles. The molecule has 0 saturated heterocycles. The Kier molecular flexibility index (Phi) is 5.11. The van der Waals surface area contributed by atoms with Gasteiger partial charge in [0.2, 0.25) is 0 Å². The molecule has 19 heavy (non-hydrogen) atoms. The molecule has 0 aromatic heterocycles. The van der Waals surface area contributed by atoms with Crippen LogP contribution >= 0.6 is 11.8 Å². The van der Waals surface area contributed by atoms with E-state index < -0.39 is 0 Å². The Morgan fingerprint density at radius 2 is 1.89 bits per heavy atom. The number of nitrogens with zero attached hydrogens (tertiary/aromatic N) is 1. The first-order chi connectivity index (χ1) is 9.36. The Morgan fingerprint density at radius 1 is 1.11 bits per heavy atom. The molecule has 0 amide bonds. The SMILES string of the molecule is CSCCCCNc1ccc(C#N)c2ccccc12. The smallest absolute Gasteiger partial charge is 0.0998 e. The molecule has 3 heteroatoms. The average molecular weight is 270 g/mol. The maximum atomic E-state index is 9.13.